The van der Waals surface area contributed by atoms with Crippen molar-refractivity contribution in [3.63, 3.8) is 0 Å². The third-order valence-electron chi connectivity index (χ3n) is 3.03. The van der Waals surface area contributed by atoms with E-state index >= 15 is 0 Å². The Morgan fingerprint density at radius 2 is 1.89 bits per heavy atom. The van der Waals surface area contributed by atoms with Crippen molar-refractivity contribution in [2.24, 2.45) is 0 Å². The topological polar surface area (TPSA) is 34.9 Å². The van der Waals surface area contributed by atoms with E-state index in [1.54, 1.807) is 16.7 Å². The standard InChI is InChI=1S/C15H11FN2O/c1-10-2-7-13-14(8-10)18(15(9-19)17-13)12-5-3-11(16)4-6-12/h2-9H,1H3. The van der Waals surface area contributed by atoms with E-state index in [0.717, 1.165) is 22.3 Å². The number of halogens is 1. The van der Waals surface area contributed by atoms with E-state index in [1.165, 1.54) is 12.1 Å². The number of hydrogen-bond donors (Lipinski definition) is 0. The molecule has 0 bridgehead atoms. The highest BCUT2D eigenvalue weighted by molar-refractivity contribution is 5.85. The highest BCUT2D eigenvalue weighted by Gasteiger charge is 2.11. The summed E-state index contributed by atoms with van der Waals surface area (Å²) in [5.74, 6) is 0.00390. The van der Waals surface area contributed by atoms with Crippen molar-refractivity contribution in [3.05, 3.63) is 59.7 Å². The zero-order chi connectivity index (χ0) is 13.4. The van der Waals surface area contributed by atoms with Crippen LogP contribution in [-0.4, -0.2) is 15.8 Å². The van der Waals surface area contributed by atoms with Gasteiger partial charge in [0.25, 0.3) is 0 Å². The van der Waals surface area contributed by atoms with Gasteiger partial charge in [0, 0.05) is 5.69 Å². The van der Waals surface area contributed by atoms with Gasteiger partial charge in [-0.3, -0.25) is 9.36 Å². The molecule has 0 atom stereocenters. The predicted molar refractivity (Wildman–Crippen MR) is 71.2 cm³/mol. The first-order chi connectivity index (χ1) is 9.19. The van der Waals surface area contributed by atoms with Crippen LogP contribution in [0.25, 0.3) is 16.7 Å². The van der Waals surface area contributed by atoms with Gasteiger partial charge in [-0.05, 0) is 48.9 Å². The summed E-state index contributed by atoms with van der Waals surface area (Å²) < 4.78 is 14.7. The van der Waals surface area contributed by atoms with E-state index in [9.17, 15) is 9.18 Å². The van der Waals surface area contributed by atoms with E-state index in [0.29, 0.717) is 12.1 Å². The molecule has 0 unspecified atom stereocenters. The molecule has 0 radical (unpaired) electrons. The lowest BCUT2D eigenvalue weighted by atomic mass is 10.2. The van der Waals surface area contributed by atoms with E-state index in [4.69, 9.17) is 0 Å². The lowest BCUT2D eigenvalue weighted by Crippen LogP contribution is -2.00. The highest BCUT2D eigenvalue weighted by atomic mass is 19.1. The van der Waals surface area contributed by atoms with Crippen LogP contribution in [0.15, 0.2) is 42.5 Å². The number of nitrogens with zero attached hydrogens (tertiary/aromatic N) is 2. The second-order valence-electron chi connectivity index (χ2n) is 4.39. The van der Waals surface area contributed by atoms with Crippen molar-refractivity contribution in [1.82, 2.24) is 9.55 Å². The summed E-state index contributed by atoms with van der Waals surface area (Å²) in [5, 5.41) is 0. The molecule has 0 spiro atoms. The molecule has 19 heavy (non-hydrogen) atoms. The number of aromatic nitrogens is 2. The van der Waals surface area contributed by atoms with Gasteiger partial charge in [0.15, 0.2) is 12.1 Å². The summed E-state index contributed by atoms with van der Waals surface area (Å²) in [7, 11) is 0. The van der Waals surface area contributed by atoms with Crippen LogP contribution in [0.4, 0.5) is 4.39 Å². The molecule has 3 nitrogen and oxygen atoms in total. The van der Waals surface area contributed by atoms with Crippen molar-refractivity contribution < 1.29 is 9.18 Å². The molecule has 0 saturated heterocycles. The third kappa shape index (κ3) is 1.91. The van der Waals surface area contributed by atoms with E-state index in [-0.39, 0.29) is 5.82 Å². The Morgan fingerprint density at radius 1 is 1.16 bits per heavy atom. The molecule has 4 heteroatoms. The first-order valence-electron chi connectivity index (χ1n) is 5.89. The number of hydrogen-bond acceptors (Lipinski definition) is 2. The van der Waals surface area contributed by atoms with Gasteiger partial charge in [0.2, 0.25) is 0 Å². The molecule has 3 rings (SSSR count). The molecule has 1 aromatic heterocycles. The molecule has 1 heterocycles. The van der Waals surface area contributed by atoms with Gasteiger partial charge in [-0.2, -0.15) is 0 Å². The summed E-state index contributed by atoms with van der Waals surface area (Å²) in [5.41, 5.74) is 3.38. The van der Waals surface area contributed by atoms with Crippen LogP contribution in [0.2, 0.25) is 0 Å². The predicted octanol–water partition coefficient (Wildman–Crippen LogP) is 3.29. The average molecular weight is 254 g/mol. The highest BCUT2D eigenvalue weighted by Crippen LogP contribution is 2.22. The average Bonchev–Trinajstić information content (AvgIpc) is 2.77. The summed E-state index contributed by atoms with van der Waals surface area (Å²) in [6.45, 7) is 1.97. The second-order valence-corrected chi connectivity index (χ2v) is 4.39. The Bertz CT molecular complexity index is 760. The minimum absolute atomic E-state index is 0.308. The van der Waals surface area contributed by atoms with Gasteiger partial charge in [-0.1, -0.05) is 6.07 Å². The molecular formula is C15H11FN2O. The normalized spacial score (nSPS) is 10.8. The van der Waals surface area contributed by atoms with Crippen molar-refractivity contribution in [3.8, 4) is 5.69 Å². The number of aldehydes is 1. The Kier molecular flexibility index (Phi) is 2.63. The fraction of sp³-hybridized carbons (Fsp3) is 0.0667. The van der Waals surface area contributed by atoms with Crippen molar-refractivity contribution in [2.75, 3.05) is 0 Å². The van der Waals surface area contributed by atoms with Gasteiger partial charge in [-0.15, -0.1) is 0 Å². The monoisotopic (exact) mass is 254 g/mol. The molecule has 0 saturated carbocycles. The van der Waals surface area contributed by atoms with E-state index < -0.39 is 0 Å². The zero-order valence-electron chi connectivity index (χ0n) is 10.3. The van der Waals surface area contributed by atoms with Crippen LogP contribution in [0, 0.1) is 12.7 Å². The van der Waals surface area contributed by atoms with Gasteiger partial charge >= 0.3 is 0 Å². The Morgan fingerprint density at radius 3 is 2.58 bits per heavy atom. The molecule has 0 aliphatic heterocycles. The summed E-state index contributed by atoms with van der Waals surface area (Å²) in [6.07, 6.45) is 0.707. The molecule has 0 aliphatic carbocycles. The summed E-state index contributed by atoms with van der Waals surface area (Å²) in [4.78, 5) is 15.4. The maximum Gasteiger partial charge on any atom is 0.185 e. The number of aryl methyl sites for hydroxylation is 1. The van der Waals surface area contributed by atoms with Crippen LogP contribution in [-0.2, 0) is 0 Å². The fourth-order valence-electron chi connectivity index (χ4n) is 2.14. The maximum absolute atomic E-state index is 13.0. The van der Waals surface area contributed by atoms with E-state index in [1.807, 2.05) is 25.1 Å². The Balaban J connectivity index is 2.34. The van der Waals surface area contributed by atoms with Crippen molar-refractivity contribution >= 4 is 17.3 Å². The number of fused-ring (bicyclic) bond motifs is 1. The number of imidazole rings is 1. The summed E-state index contributed by atoms with van der Waals surface area (Å²) in [6, 6.07) is 11.8. The first-order valence-corrected chi connectivity index (χ1v) is 5.89. The minimum atomic E-state index is -0.308. The maximum atomic E-state index is 13.0. The molecule has 94 valence electrons. The van der Waals surface area contributed by atoms with Crippen molar-refractivity contribution in [2.45, 2.75) is 6.92 Å². The van der Waals surface area contributed by atoms with Gasteiger partial charge < -0.3 is 0 Å². The van der Waals surface area contributed by atoms with Crippen LogP contribution in [0.1, 0.15) is 16.2 Å². The summed E-state index contributed by atoms with van der Waals surface area (Å²) >= 11 is 0. The van der Waals surface area contributed by atoms with Crippen molar-refractivity contribution in [1.29, 1.82) is 0 Å². The minimum Gasteiger partial charge on any atom is -0.294 e. The van der Waals surface area contributed by atoms with Crippen LogP contribution in [0.5, 0.6) is 0 Å². The lowest BCUT2D eigenvalue weighted by molar-refractivity contribution is 0.111. The molecule has 0 amide bonds. The quantitative estimate of drug-likeness (QED) is 0.658. The zero-order valence-corrected chi connectivity index (χ0v) is 10.3. The molecule has 0 N–H and O–H groups in total. The molecule has 3 aromatic rings. The van der Waals surface area contributed by atoms with Crippen LogP contribution < -0.4 is 0 Å². The Labute approximate surface area is 109 Å². The van der Waals surface area contributed by atoms with Gasteiger partial charge in [-0.25, -0.2) is 9.37 Å². The van der Waals surface area contributed by atoms with Gasteiger partial charge in [0.05, 0.1) is 11.0 Å². The fourth-order valence-corrected chi connectivity index (χ4v) is 2.14. The van der Waals surface area contributed by atoms with Crippen LogP contribution in [0.3, 0.4) is 0 Å². The first kappa shape index (κ1) is 11.6. The smallest absolute Gasteiger partial charge is 0.185 e. The molecule has 0 fully saturated rings. The SMILES string of the molecule is Cc1ccc2nc(C=O)n(-c3ccc(F)cc3)c2c1. The number of rotatable bonds is 2. The van der Waals surface area contributed by atoms with E-state index in [2.05, 4.69) is 4.98 Å². The lowest BCUT2D eigenvalue weighted by Gasteiger charge is -2.06. The number of carbonyl (C=O) groups is 1. The third-order valence-corrected chi connectivity index (χ3v) is 3.03. The Hall–Kier alpha value is -2.49. The largest absolute Gasteiger partial charge is 0.294 e. The second kappa shape index (κ2) is 4.31. The number of carbonyl (C=O) groups excluding carboxylic acids is 1. The molecule has 0 aliphatic rings. The van der Waals surface area contributed by atoms with Gasteiger partial charge in [0.1, 0.15) is 5.82 Å². The molecule has 2 aromatic carbocycles. The van der Waals surface area contributed by atoms with Crippen LogP contribution >= 0.6 is 0 Å². The number of benzene rings is 2. The molecular weight excluding hydrogens is 243 g/mol.